The van der Waals surface area contributed by atoms with Gasteiger partial charge in [-0.2, -0.15) is 5.10 Å². The Balaban J connectivity index is 2.92. The predicted octanol–water partition coefficient (Wildman–Crippen LogP) is 0.0395. The summed E-state index contributed by atoms with van der Waals surface area (Å²) >= 11 is 0. The van der Waals surface area contributed by atoms with E-state index in [2.05, 4.69) is 5.10 Å². The first-order valence-electron chi connectivity index (χ1n) is 3.37. The second kappa shape index (κ2) is 2.45. The number of carbonyl (C=O) groups excluding carboxylic acids is 2. The van der Waals surface area contributed by atoms with Crippen LogP contribution in [0.15, 0.2) is 5.10 Å². The van der Waals surface area contributed by atoms with Crippen molar-refractivity contribution in [3.8, 4) is 0 Å². The molecule has 1 aliphatic rings. The van der Waals surface area contributed by atoms with Gasteiger partial charge in [-0.1, -0.05) is 0 Å². The van der Waals surface area contributed by atoms with Gasteiger partial charge in [-0.15, -0.1) is 0 Å². The third-order valence-electron chi connectivity index (χ3n) is 1.70. The lowest BCUT2D eigenvalue weighted by molar-refractivity contribution is -0.135. The Morgan fingerprint density at radius 2 is 2.18 bits per heavy atom. The van der Waals surface area contributed by atoms with Crippen molar-refractivity contribution < 1.29 is 9.59 Å². The minimum atomic E-state index is -0.625. The van der Waals surface area contributed by atoms with Crippen molar-refractivity contribution in [2.75, 3.05) is 7.05 Å². The number of ketones is 1. The van der Waals surface area contributed by atoms with Gasteiger partial charge < -0.3 is 0 Å². The second-order valence-corrected chi connectivity index (χ2v) is 2.65. The van der Waals surface area contributed by atoms with E-state index in [0.29, 0.717) is 5.71 Å². The summed E-state index contributed by atoms with van der Waals surface area (Å²) in [5.41, 5.74) is 0.588. The SMILES string of the molecule is CC(=O)C1C(=O)N(C)N=C1C. The van der Waals surface area contributed by atoms with E-state index >= 15 is 0 Å². The lowest BCUT2D eigenvalue weighted by Gasteiger charge is -2.04. The topological polar surface area (TPSA) is 49.7 Å². The number of carbonyl (C=O) groups is 2. The number of hydrogen-bond acceptors (Lipinski definition) is 3. The number of nitrogens with zero attached hydrogens (tertiary/aromatic N) is 2. The molecule has 0 fully saturated rings. The van der Waals surface area contributed by atoms with Crippen LogP contribution in [0.25, 0.3) is 0 Å². The van der Waals surface area contributed by atoms with Gasteiger partial charge in [-0.25, -0.2) is 5.01 Å². The van der Waals surface area contributed by atoms with Gasteiger partial charge in [-0.05, 0) is 13.8 Å². The molecule has 4 heteroatoms. The summed E-state index contributed by atoms with van der Waals surface area (Å²) in [5, 5.41) is 5.06. The zero-order valence-electron chi connectivity index (χ0n) is 6.79. The zero-order chi connectivity index (χ0) is 8.59. The van der Waals surface area contributed by atoms with Gasteiger partial charge in [0.2, 0.25) is 0 Å². The maximum atomic E-state index is 11.1. The lowest BCUT2D eigenvalue weighted by Crippen LogP contribution is -2.29. The van der Waals surface area contributed by atoms with Crippen LogP contribution in [-0.2, 0) is 9.59 Å². The van der Waals surface area contributed by atoms with Crippen LogP contribution >= 0.6 is 0 Å². The van der Waals surface area contributed by atoms with Gasteiger partial charge in [0.1, 0.15) is 11.7 Å². The molecular weight excluding hydrogens is 144 g/mol. The fourth-order valence-corrected chi connectivity index (χ4v) is 1.18. The first kappa shape index (κ1) is 7.91. The molecular formula is C7H10N2O2. The normalized spacial score (nSPS) is 23.9. The molecule has 0 bridgehead atoms. The molecule has 1 atom stereocenters. The Bertz CT molecular complexity index is 245. The molecule has 0 saturated heterocycles. The van der Waals surface area contributed by atoms with Gasteiger partial charge >= 0.3 is 0 Å². The molecule has 1 aliphatic heterocycles. The molecule has 0 radical (unpaired) electrons. The Morgan fingerprint density at radius 1 is 1.64 bits per heavy atom. The summed E-state index contributed by atoms with van der Waals surface area (Å²) in [7, 11) is 1.55. The number of rotatable bonds is 1. The van der Waals surface area contributed by atoms with E-state index in [1.807, 2.05) is 0 Å². The van der Waals surface area contributed by atoms with Crippen LogP contribution in [0.2, 0.25) is 0 Å². The number of hydrazone groups is 1. The standard InChI is InChI=1S/C7H10N2O2/c1-4-6(5(2)10)7(11)9(3)8-4/h6H,1-3H3. The molecule has 0 aromatic rings. The van der Waals surface area contributed by atoms with Gasteiger partial charge in [0, 0.05) is 7.05 Å². The van der Waals surface area contributed by atoms with E-state index in [1.54, 1.807) is 14.0 Å². The molecule has 0 aromatic carbocycles. The van der Waals surface area contributed by atoms with Crippen LogP contribution in [0, 0.1) is 5.92 Å². The van der Waals surface area contributed by atoms with E-state index in [-0.39, 0.29) is 11.7 Å². The van der Waals surface area contributed by atoms with E-state index in [0.717, 1.165) is 0 Å². The molecule has 11 heavy (non-hydrogen) atoms. The molecule has 4 nitrogen and oxygen atoms in total. The minimum absolute atomic E-state index is 0.138. The van der Waals surface area contributed by atoms with Crippen LogP contribution in [0.3, 0.4) is 0 Å². The summed E-state index contributed by atoms with van der Waals surface area (Å²) < 4.78 is 0. The van der Waals surface area contributed by atoms with Gasteiger partial charge in [0.05, 0.1) is 5.71 Å². The molecule has 0 spiro atoms. The van der Waals surface area contributed by atoms with Crippen molar-refractivity contribution in [2.45, 2.75) is 13.8 Å². The Hall–Kier alpha value is -1.19. The summed E-state index contributed by atoms with van der Waals surface area (Å²) in [4.78, 5) is 22.0. The quantitative estimate of drug-likeness (QED) is 0.501. The molecule has 0 aromatic heterocycles. The third kappa shape index (κ3) is 1.15. The minimum Gasteiger partial charge on any atom is -0.299 e. The lowest BCUT2D eigenvalue weighted by atomic mass is 10.0. The average molecular weight is 154 g/mol. The molecule has 60 valence electrons. The van der Waals surface area contributed by atoms with Gasteiger partial charge in [0.25, 0.3) is 5.91 Å². The predicted molar refractivity (Wildman–Crippen MR) is 40.1 cm³/mol. The monoisotopic (exact) mass is 154 g/mol. The summed E-state index contributed by atoms with van der Waals surface area (Å²) in [6.45, 7) is 3.09. The van der Waals surface area contributed by atoms with Crippen molar-refractivity contribution in [1.29, 1.82) is 0 Å². The molecule has 0 aliphatic carbocycles. The summed E-state index contributed by atoms with van der Waals surface area (Å²) in [6.07, 6.45) is 0. The van der Waals surface area contributed by atoms with Crippen molar-refractivity contribution in [3.63, 3.8) is 0 Å². The highest BCUT2D eigenvalue weighted by Crippen LogP contribution is 2.14. The van der Waals surface area contributed by atoms with Crippen LogP contribution in [0.4, 0.5) is 0 Å². The smallest absolute Gasteiger partial charge is 0.258 e. The van der Waals surface area contributed by atoms with Crippen LogP contribution in [-0.4, -0.2) is 29.5 Å². The molecule has 0 saturated carbocycles. The van der Waals surface area contributed by atoms with E-state index in [9.17, 15) is 9.59 Å². The van der Waals surface area contributed by atoms with E-state index < -0.39 is 5.92 Å². The summed E-state index contributed by atoms with van der Waals surface area (Å²) in [6, 6.07) is 0. The Morgan fingerprint density at radius 3 is 2.36 bits per heavy atom. The largest absolute Gasteiger partial charge is 0.299 e. The molecule has 1 unspecified atom stereocenters. The van der Waals surface area contributed by atoms with Crippen molar-refractivity contribution in [2.24, 2.45) is 11.0 Å². The van der Waals surface area contributed by atoms with Gasteiger partial charge in [0.15, 0.2) is 0 Å². The molecule has 1 heterocycles. The molecule has 1 rings (SSSR count). The highest BCUT2D eigenvalue weighted by Gasteiger charge is 2.34. The first-order valence-corrected chi connectivity index (χ1v) is 3.37. The van der Waals surface area contributed by atoms with Crippen molar-refractivity contribution in [1.82, 2.24) is 5.01 Å². The highest BCUT2D eigenvalue weighted by molar-refractivity contribution is 6.21. The maximum absolute atomic E-state index is 11.1. The zero-order valence-corrected chi connectivity index (χ0v) is 6.79. The highest BCUT2D eigenvalue weighted by atomic mass is 16.2. The van der Waals surface area contributed by atoms with E-state index in [1.165, 1.54) is 11.9 Å². The van der Waals surface area contributed by atoms with E-state index in [4.69, 9.17) is 0 Å². The maximum Gasteiger partial charge on any atom is 0.258 e. The Labute approximate surface area is 64.9 Å². The average Bonchev–Trinajstić information content (AvgIpc) is 2.07. The third-order valence-corrected chi connectivity index (χ3v) is 1.70. The van der Waals surface area contributed by atoms with Crippen molar-refractivity contribution in [3.05, 3.63) is 0 Å². The number of hydrogen-bond donors (Lipinski definition) is 0. The van der Waals surface area contributed by atoms with Gasteiger partial charge in [-0.3, -0.25) is 9.59 Å². The van der Waals surface area contributed by atoms with Crippen LogP contribution < -0.4 is 0 Å². The van der Waals surface area contributed by atoms with Crippen LogP contribution in [0.5, 0.6) is 0 Å². The van der Waals surface area contributed by atoms with Crippen molar-refractivity contribution >= 4 is 17.4 Å². The molecule has 1 amide bonds. The molecule has 0 N–H and O–H groups in total. The number of Topliss-reactive ketones (excluding diaryl/α,β-unsaturated/α-hetero) is 1. The van der Waals surface area contributed by atoms with Crippen LogP contribution in [0.1, 0.15) is 13.8 Å². The second-order valence-electron chi connectivity index (χ2n) is 2.65. The Kier molecular flexibility index (Phi) is 1.76. The first-order chi connectivity index (χ1) is 5.04. The number of amides is 1. The fourth-order valence-electron chi connectivity index (χ4n) is 1.18. The fraction of sp³-hybridized carbons (Fsp3) is 0.571. The summed E-state index contributed by atoms with van der Waals surface area (Å²) in [5.74, 6) is -0.990.